The molecule has 0 fully saturated rings. The van der Waals surface area contributed by atoms with Gasteiger partial charge < -0.3 is 15.7 Å². The number of phenolic OH excluding ortho intramolecular Hbond substituents is 1. The molecule has 0 radical (unpaired) electrons. The lowest BCUT2D eigenvalue weighted by Gasteiger charge is -2.07. The molecule has 0 aliphatic heterocycles. The average Bonchev–Trinajstić information content (AvgIpc) is 2.30. The number of benzene rings is 1. The zero-order chi connectivity index (χ0) is 12.7. The van der Waals surface area contributed by atoms with Crippen LogP contribution in [0, 0.1) is 0 Å². The lowest BCUT2D eigenvalue weighted by molar-refractivity contribution is -0.120. The van der Waals surface area contributed by atoms with Crippen LogP contribution in [0.5, 0.6) is 5.75 Å². The van der Waals surface area contributed by atoms with Gasteiger partial charge in [-0.1, -0.05) is 23.7 Å². The van der Waals surface area contributed by atoms with Crippen molar-refractivity contribution >= 4 is 17.5 Å². The zero-order valence-electron chi connectivity index (χ0n) is 9.79. The Bertz CT molecular complexity index is 383. The van der Waals surface area contributed by atoms with Crippen LogP contribution in [0.2, 0.25) is 5.02 Å². The number of phenols is 1. The molecule has 94 valence electrons. The highest BCUT2D eigenvalue weighted by molar-refractivity contribution is 6.32. The molecule has 1 aromatic carbocycles. The number of amides is 1. The second kappa shape index (κ2) is 7.14. The Kier molecular flexibility index (Phi) is 5.80. The zero-order valence-corrected chi connectivity index (χ0v) is 10.5. The molecule has 0 saturated heterocycles. The number of halogens is 1. The molecule has 4 nitrogen and oxygen atoms in total. The van der Waals surface area contributed by atoms with E-state index in [0.717, 1.165) is 5.56 Å². The number of para-hydroxylation sites is 1. The summed E-state index contributed by atoms with van der Waals surface area (Å²) in [6, 6.07) is 5.21. The van der Waals surface area contributed by atoms with E-state index in [4.69, 9.17) is 11.6 Å². The van der Waals surface area contributed by atoms with E-state index in [1.165, 1.54) is 0 Å². The summed E-state index contributed by atoms with van der Waals surface area (Å²) in [6.07, 6.45) is 0.426. The quantitative estimate of drug-likeness (QED) is 0.679. The largest absolute Gasteiger partial charge is 0.506 e. The number of aromatic hydroxyl groups is 1. The summed E-state index contributed by atoms with van der Waals surface area (Å²) < 4.78 is 0. The average molecular weight is 257 g/mol. The van der Waals surface area contributed by atoms with Crippen LogP contribution in [0.3, 0.4) is 0 Å². The van der Waals surface area contributed by atoms with Crippen LogP contribution in [-0.2, 0) is 11.3 Å². The summed E-state index contributed by atoms with van der Waals surface area (Å²) >= 11 is 5.78. The first-order valence-electron chi connectivity index (χ1n) is 5.59. The molecule has 0 heterocycles. The van der Waals surface area contributed by atoms with Gasteiger partial charge in [-0.05, 0) is 13.0 Å². The van der Waals surface area contributed by atoms with Gasteiger partial charge in [0, 0.05) is 31.6 Å². The minimum Gasteiger partial charge on any atom is -0.506 e. The van der Waals surface area contributed by atoms with E-state index in [2.05, 4.69) is 10.6 Å². The maximum absolute atomic E-state index is 11.2. The third-order valence-electron chi connectivity index (χ3n) is 2.29. The fourth-order valence-electron chi connectivity index (χ4n) is 1.41. The molecule has 0 atom stereocenters. The number of rotatable bonds is 6. The van der Waals surface area contributed by atoms with Gasteiger partial charge >= 0.3 is 0 Å². The van der Waals surface area contributed by atoms with Crippen molar-refractivity contribution in [3.05, 3.63) is 28.8 Å². The number of nitrogens with one attached hydrogen (secondary N) is 2. The molecule has 1 aromatic rings. The smallest absolute Gasteiger partial charge is 0.221 e. The highest BCUT2D eigenvalue weighted by Crippen LogP contribution is 2.26. The van der Waals surface area contributed by atoms with Crippen LogP contribution in [0.1, 0.15) is 18.9 Å². The molecular weight excluding hydrogens is 240 g/mol. The minimum atomic E-state index is 0.0234. The lowest BCUT2D eigenvalue weighted by Crippen LogP contribution is -2.27. The third kappa shape index (κ3) is 4.63. The predicted molar refractivity (Wildman–Crippen MR) is 68.1 cm³/mol. The summed E-state index contributed by atoms with van der Waals surface area (Å²) in [7, 11) is 0. The predicted octanol–water partition coefficient (Wildman–Crippen LogP) is 1.66. The Balaban J connectivity index is 2.31. The van der Waals surface area contributed by atoms with Gasteiger partial charge in [-0.15, -0.1) is 0 Å². The van der Waals surface area contributed by atoms with Crippen LogP contribution >= 0.6 is 11.6 Å². The molecule has 1 amide bonds. The van der Waals surface area contributed by atoms with Gasteiger partial charge in [0.15, 0.2) is 0 Å². The van der Waals surface area contributed by atoms with Crippen molar-refractivity contribution in [1.29, 1.82) is 0 Å². The van der Waals surface area contributed by atoms with E-state index < -0.39 is 0 Å². The molecule has 5 heteroatoms. The van der Waals surface area contributed by atoms with Crippen molar-refractivity contribution in [3.63, 3.8) is 0 Å². The Hall–Kier alpha value is -1.26. The first-order valence-corrected chi connectivity index (χ1v) is 5.96. The van der Waals surface area contributed by atoms with E-state index in [1.807, 2.05) is 6.92 Å². The Morgan fingerprint density at radius 3 is 2.94 bits per heavy atom. The van der Waals surface area contributed by atoms with Crippen LogP contribution in [-0.4, -0.2) is 24.1 Å². The molecule has 0 aliphatic rings. The molecule has 1 rings (SSSR count). The first kappa shape index (κ1) is 13.8. The van der Waals surface area contributed by atoms with Crippen LogP contribution < -0.4 is 10.6 Å². The van der Waals surface area contributed by atoms with Crippen molar-refractivity contribution in [2.45, 2.75) is 19.9 Å². The normalized spacial score (nSPS) is 10.2. The summed E-state index contributed by atoms with van der Waals surface area (Å²) in [5.74, 6) is 0.120. The molecule has 0 aliphatic carbocycles. The molecular formula is C12H17ClN2O2. The minimum absolute atomic E-state index is 0.0234. The number of carbonyl (C=O) groups excluding carboxylic acids is 1. The van der Waals surface area contributed by atoms with Gasteiger partial charge in [0.25, 0.3) is 0 Å². The number of carbonyl (C=O) groups is 1. The van der Waals surface area contributed by atoms with Crippen molar-refractivity contribution in [1.82, 2.24) is 10.6 Å². The molecule has 0 unspecified atom stereocenters. The first-order chi connectivity index (χ1) is 8.15. The Labute approximate surface area is 106 Å². The lowest BCUT2D eigenvalue weighted by atomic mass is 10.2. The van der Waals surface area contributed by atoms with Crippen LogP contribution in [0.4, 0.5) is 0 Å². The van der Waals surface area contributed by atoms with Crippen molar-refractivity contribution < 1.29 is 9.90 Å². The highest BCUT2D eigenvalue weighted by atomic mass is 35.5. The second-order valence-corrected chi connectivity index (χ2v) is 4.04. The fourth-order valence-corrected chi connectivity index (χ4v) is 1.61. The van der Waals surface area contributed by atoms with Crippen LogP contribution in [0.25, 0.3) is 0 Å². The molecule has 17 heavy (non-hydrogen) atoms. The Morgan fingerprint density at radius 2 is 2.24 bits per heavy atom. The molecule has 0 spiro atoms. The Morgan fingerprint density at radius 1 is 1.47 bits per heavy atom. The van der Waals surface area contributed by atoms with Crippen molar-refractivity contribution in [2.75, 3.05) is 13.1 Å². The van der Waals surface area contributed by atoms with Crippen LogP contribution in [0.15, 0.2) is 18.2 Å². The van der Waals surface area contributed by atoms with Gasteiger partial charge in [-0.25, -0.2) is 0 Å². The van der Waals surface area contributed by atoms with E-state index in [0.29, 0.717) is 31.1 Å². The number of hydrogen-bond acceptors (Lipinski definition) is 3. The topological polar surface area (TPSA) is 61.4 Å². The van der Waals surface area contributed by atoms with Gasteiger partial charge in [-0.2, -0.15) is 0 Å². The van der Waals surface area contributed by atoms with Gasteiger partial charge in [-0.3, -0.25) is 4.79 Å². The van der Waals surface area contributed by atoms with Gasteiger partial charge in [0.1, 0.15) is 5.75 Å². The van der Waals surface area contributed by atoms with Crippen molar-refractivity contribution in [3.8, 4) is 5.75 Å². The molecule has 0 saturated carbocycles. The fraction of sp³-hybridized carbons (Fsp3) is 0.417. The standard InChI is InChI=1S/C12H17ClN2O2/c1-2-15-11(16)6-7-14-8-9-4-3-5-10(13)12(9)17/h3-5,14,17H,2,6-8H2,1H3,(H,15,16). The summed E-state index contributed by atoms with van der Waals surface area (Å²) in [6.45, 7) is 3.59. The van der Waals surface area contributed by atoms with E-state index in [1.54, 1.807) is 18.2 Å². The molecule has 3 N–H and O–H groups in total. The number of hydrogen-bond donors (Lipinski definition) is 3. The van der Waals surface area contributed by atoms with E-state index in [9.17, 15) is 9.90 Å². The van der Waals surface area contributed by atoms with Crippen molar-refractivity contribution in [2.24, 2.45) is 0 Å². The summed E-state index contributed by atoms with van der Waals surface area (Å²) in [5, 5.41) is 15.8. The highest BCUT2D eigenvalue weighted by Gasteiger charge is 2.04. The van der Waals surface area contributed by atoms with E-state index >= 15 is 0 Å². The molecule has 0 bridgehead atoms. The van der Waals surface area contributed by atoms with Gasteiger partial charge in [0.2, 0.25) is 5.91 Å². The van der Waals surface area contributed by atoms with Gasteiger partial charge in [0.05, 0.1) is 5.02 Å². The second-order valence-electron chi connectivity index (χ2n) is 3.63. The maximum atomic E-state index is 11.2. The van der Waals surface area contributed by atoms with E-state index in [-0.39, 0.29) is 11.7 Å². The monoisotopic (exact) mass is 256 g/mol. The molecule has 0 aromatic heterocycles. The maximum Gasteiger partial charge on any atom is 0.221 e. The summed E-state index contributed by atoms with van der Waals surface area (Å²) in [5.41, 5.74) is 0.730. The summed E-state index contributed by atoms with van der Waals surface area (Å²) in [4.78, 5) is 11.2. The SMILES string of the molecule is CCNC(=O)CCNCc1cccc(Cl)c1O. The third-order valence-corrected chi connectivity index (χ3v) is 2.59.